The molecule has 1 aromatic carbocycles. The van der Waals surface area contributed by atoms with Crippen molar-refractivity contribution in [2.75, 3.05) is 31.1 Å². The summed E-state index contributed by atoms with van der Waals surface area (Å²) < 4.78 is 0. The molecule has 5 nitrogen and oxygen atoms in total. The minimum atomic E-state index is 0.226. The molecule has 1 aliphatic heterocycles. The summed E-state index contributed by atoms with van der Waals surface area (Å²) in [7, 11) is 0. The average molecular weight is 348 g/mol. The molecule has 0 atom stereocenters. The first-order valence-corrected chi connectivity index (χ1v) is 9.19. The standard InChI is InChI=1S/C21H24N4O/c22-17-19-10-5-12-23-21(19)25-14-6-13-24(15-16-25)20(26)11-4-9-18-7-2-1-3-8-18/h1-3,5,7-8,10,12H,4,6,9,11,13-16H2. The number of pyridine rings is 1. The highest BCUT2D eigenvalue weighted by molar-refractivity contribution is 5.76. The van der Waals surface area contributed by atoms with Crippen molar-refractivity contribution >= 4 is 11.7 Å². The van der Waals surface area contributed by atoms with Gasteiger partial charge in [0, 0.05) is 38.8 Å². The smallest absolute Gasteiger partial charge is 0.222 e. The van der Waals surface area contributed by atoms with Crippen molar-refractivity contribution in [1.82, 2.24) is 9.88 Å². The average Bonchev–Trinajstić information content (AvgIpc) is 2.95. The lowest BCUT2D eigenvalue weighted by molar-refractivity contribution is -0.131. The van der Waals surface area contributed by atoms with E-state index < -0.39 is 0 Å². The van der Waals surface area contributed by atoms with Crippen molar-refractivity contribution in [3.8, 4) is 6.07 Å². The molecule has 0 spiro atoms. The van der Waals surface area contributed by atoms with Crippen LogP contribution in [-0.4, -0.2) is 42.0 Å². The van der Waals surface area contributed by atoms with Crippen molar-refractivity contribution in [3.63, 3.8) is 0 Å². The van der Waals surface area contributed by atoms with Gasteiger partial charge in [-0.15, -0.1) is 0 Å². The van der Waals surface area contributed by atoms with Crippen LogP contribution >= 0.6 is 0 Å². The number of aromatic nitrogens is 1. The molecule has 1 aromatic heterocycles. The summed E-state index contributed by atoms with van der Waals surface area (Å²) in [5.41, 5.74) is 1.87. The topological polar surface area (TPSA) is 60.2 Å². The number of hydrogen-bond donors (Lipinski definition) is 0. The Morgan fingerprint density at radius 3 is 2.73 bits per heavy atom. The number of nitrogens with zero attached hydrogens (tertiary/aromatic N) is 4. The van der Waals surface area contributed by atoms with Crippen molar-refractivity contribution < 1.29 is 4.79 Å². The van der Waals surface area contributed by atoms with E-state index in [1.165, 1.54) is 5.56 Å². The first-order valence-electron chi connectivity index (χ1n) is 9.19. The highest BCUT2D eigenvalue weighted by Crippen LogP contribution is 2.18. The number of amides is 1. The van der Waals surface area contributed by atoms with Crippen LogP contribution in [0.4, 0.5) is 5.82 Å². The zero-order chi connectivity index (χ0) is 18.2. The van der Waals surface area contributed by atoms with Crippen molar-refractivity contribution in [2.45, 2.75) is 25.7 Å². The van der Waals surface area contributed by atoms with Crippen LogP contribution < -0.4 is 4.90 Å². The predicted octanol–water partition coefficient (Wildman–Crippen LogP) is 3.01. The second kappa shape index (κ2) is 9.00. The van der Waals surface area contributed by atoms with Gasteiger partial charge in [-0.25, -0.2) is 4.98 Å². The van der Waals surface area contributed by atoms with Gasteiger partial charge in [0.1, 0.15) is 11.9 Å². The van der Waals surface area contributed by atoms with Gasteiger partial charge < -0.3 is 9.80 Å². The van der Waals surface area contributed by atoms with Crippen LogP contribution in [0, 0.1) is 11.3 Å². The molecule has 1 aliphatic rings. The lowest BCUT2D eigenvalue weighted by Gasteiger charge is -2.23. The van der Waals surface area contributed by atoms with Crippen LogP contribution in [0.5, 0.6) is 0 Å². The molecule has 2 aromatic rings. The van der Waals surface area contributed by atoms with Gasteiger partial charge in [0.25, 0.3) is 0 Å². The molecule has 0 unspecified atom stereocenters. The zero-order valence-corrected chi connectivity index (χ0v) is 15.0. The predicted molar refractivity (Wildman–Crippen MR) is 102 cm³/mol. The number of carbonyl (C=O) groups excluding carboxylic acids is 1. The summed E-state index contributed by atoms with van der Waals surface area (Å²) >= 11 is 0. The van der Waals surface area contributed by atoms with Crippen LogP contribution in [0.25, 0.3) is 0 Å². The van der Waals surface area contributed by atoms with Crippen LogP contribution in [0.3, 0.4) is 0 Å². The van der Waals surface area contributed by atoms with Gasteiger partial charge >= 0.3 is 0 Å². The second-order valence-corrected chi connectivity index (χ2v) is 6.55. The third-order valence-electron chi connectivity index (χ3n) is 4.75. The van der Waals surface area contributed by atoms with E-state index in [2.05, 4.69) is 28.1 Å². The number of rotatable bonds is 5. The molecule has 0 saturated carbocycles. The molecule has 3 rings (SSSR count). The first-order chi connectivity index (χ1) is 12.8. The van der Waals surface area contributed by atoms with E-state index in [9.17, 15) is 10.1 Å². The summed E-state index contributed by atoms with van der Waals surface area (Å²) in [5.74, 6) is 0.956. The molecule has 0 bridgehead atoms. The molecule has 1 fully saturated rings. The number of anilines is 1. The van der Waals surface area contributed by atoms with Gasteiger partial charge in [0.05, 0.1) is 5.56 Å². The van der Waals surface area contributed by atoms with Gasteiger partial charge in [0.15, 0.2) is 0 Å². The minimum Gasteiger partial charge on any atom is -0.354 e. The van der Waals surface area contributed by atoms with Gasteiger partial charge in [-0.05, 0) is 37.0 Å². The Balaban J connectivity index is 1.51. The fourth-order valence-corrected chi connectivity index (χ4v) is 3.36. The quantitative estimate of drug-likeness (QED) is 0.833. The molecular weight excluding hydrogens is 324 g/mol. The van der Waals surface area contributed by atoms with Crippen molar-refractivity contribution in [1.29, 1.82) is 5.26 Å². The molecule has 0 N–H and O–H groups in total. The van der Waals surface area contributed by atoms with Gasteiger partial charge in [-0.3, -0.25) is 4.79 Å². The Morgan fingerprint density at radius 2 is 1.92 bits per heavy atom. The van der Waals surface area contributed by atoms with Gasteiger partial charge in [-0.1, -0.05) is 30.3 Å². The Bertz CT molecular complexity index is 769. The molecule has 5 heteroatoms. The van der Waals surface area contributed by atoms with E-state index in [0.29, 0.717) is 18.5 Å². The lowest BCUT2D eigenvalue weighted by Crippen LogP contribution is -2.35. The maximum atomic E-state index is 12.5. The van der Waals surface area contributed by atoms with Gasteiger partial charge in [0.2, 0.25) is 5.91 Å². The first kappa shape index (κ1) is 17.9. The molecule has 134 valence electrons. The third kappa shape index (κ3) is 4.60. The van der Waals surface area contributed by atoms with Crippen molar-refractivity contribution in [3.05, 3.63) is 59.8 Å². The molecule has 1 saturated heterocycles. The van der Waals surface area contributed by atoms with E-state index >= 15 is 0 Å². The Morgan fingerprint density at radius 1 is 1.08 bits per heavy atom. The van der Waals surface area contributed by atoms with E-state index in [1.54, 1.807) is 18.3 Å². The summed E-state index contributed by atoms with van der Waals surface area (Å²) in [6.07, 6.45) is 5.01. The molecule has 1 amide bonds. The van der Waals surface area contributed by atoms with Crippen LogP contribution in [0.15, 0.2) is 48.7 Å². The highest BCUT2D eigenvalue weighted by Gasteiger charge is 2.21. The van der Waals surface area contributed by atoms with Gasteiger partial charge in [-0.2, -0.15) is 5.26 Å². The summed E-state index contributed by atoms with van der Waals surface area (Å²) in [6.45, 7) is 3.00. The van der Waals surface area contributed by atoms with E-state index in [0.717, 1.165) is 44.7 Å². The summed E-state index contributed by atoms with van der Waals surface area (Å²) in [6, 6.07) is 16.1. The number of carbonyl (C=O) groups is 1. The minimum absolute atomic E-state index is 0.226. The van der Waals surface area contributed by atoms with E-state index in [4.69, 9.17) is 0 Å². The van der Waals surface area contributed by atoms with Crippen LogP contribution in [0.1, 0.15) is 30.4 Å². The fourth-order valence-electron chi connectivity index (χ4n) is 3.36. The Kier molecular flexibility index (Phi) is 6.21. The zero-order valence-electron chi connectivity index (χ0n) is 15.0. The highest BCUT2D eigenvalue weighted by atomic mass is 16.2. The largest absolute Gasteiger partial charge is 0.354 e. The van der Waals surface area contributed by atoms with E-state index in [1.807, 2.05) is 23.1 Å². The summed E-state index contributed by atoms with van der Waals surface area (Å²) in [4.78, 5) is 21.0. The maximum absolute atomic E-state index is 12.5. The summed E-state index contributed by atoms with van der Waals surface area (Å²) in [5, 5.41) is 9.27. The maximum Gasteiger partial charge on any atom is 0.222 e. The van der Waals surface area contributed by atoms with Crippen LogP contribution in [0.2, 0.25) is 0 Å². The SMILES string of the molecule is N#Cc1cccnc1N1CCCN(C(=O)CCCc2ccccc2)CC1. The molecule has 0 aliphatic carbocycles. The Labute approximate surface area is 154 Å². The number of nitriles is 1. The van der Waals surface area contributed by atoms with E-state index in [-0.39, 0.29) is 5.91 Å². The molecule has 26 heavy (non-hydrogen) atoms. The number of hydrogen-bond acceptors (Lipinski definition) is 4. The normalized spacial score (nSPS) is 14.6. The monoisotopic (exact) mass is 348 g/mol. The molecule has 2 heterocycles. The Hall–Kier alpha value is -2.87. The number of aryl methyl sites for hydroxylation is 1. The van der Waals surface area contributed by atoms with Crippen molar-refractivity contribution in [2.24, 2.45) is 0 Å². The fraction of sp³-hybridized carbons (Fsp3) is 0.381. The molecular formula is C21H24N4O. The third-order valence-corrected chi connectivity index (χ3v) is 4.75. The number of benzene rings is 1. The lowest BCUT2D eigenvalue weighted by atomic mass is 10.1. The second-order valence-electron chi connectivity index (χ2n) is 6.55. The molecule has 0 radical (unpaired) electrons. The van der Waals surface area contributed by atoms with Crippen LogP contribution in [-0.2, 0) is 11.2 Å².